The van der Waals surface area contributed by atoms with Crippen molar-refractivity contribution in [2.24, 2.45) is 34.5 Å². The van der Waals surface area contributed by atoms with Gasteiger partial charge in [0.05, 0.1) is 24.4 Å². The molecule has 0 radical (unpaired) electrons. The minimum atomic E-state index is -1.76. The Morgan fingerprint density at radius 3 is 2.36 bits per heavy atom. The Morgan fingerprint density at radius 2 is 1.76 bits per heavy atom. The third-order valence-corrected chi connectivity index (χ3v) is 13.0. The summed E-state index contributed by atoms with van der Waals surface area (Å²) in [5, 5.41) is 25.3. The maximum absolute atomic E-state index is 13.7. The van der Waals surface area contributed by atoms with E-state index in [1.165, 1.54) is 14.0 Å². The van der Waals surface area contributed by atoms with Crippen LogP contribution in [0.25, 0.3) is 0 Å². The quantitative estimate of drug-likeness (QED) is 0.387. The van der Waals surface area contributed by atoms with Gasteiger partial charge in [-0.1, -0.05) is 25.1 Å². The number of hydrogen-bond donors (Lipinski definition) is 2. The van der Waals surface area contributed by atoms with Gasteiger partial charge < -0.3 is 38.6 Å². The number of piperidine rings is 1. The van der Waals surface area contributed by atoms with Crippen molar-refractivity contribution in [2.45, 2.75) is 80.9 Å². The molecule has 6 aliphatic rings. The van der Waals surface area contributed by atoms with Crippen molar-refractivity contribution in [3.63, 3.8) is 0 Å². The molecule has 1 aromatic carbocycles. The van der Waals surface area contributed by atoms with Gasteiger partial charge in [0.25, 0.3) is 0 Å². The van der Waals surface area contributed by atoms with Gasteiger partial charge in [0, 0.05) is 76.5 Å². The highest BCUT2D eigenvalue weighted by molar-refractivity contribution is 5.89. The van der Waals surface area contributed by atoms with Crippen molar-refractivity contribution in [3.8, 4) is 0 Å². The lowest BCUT2D eigenvalue weighted by Gasteiger charge is -2.69. The predicted octanol–water partition coefficient (Wildman–Crippen LogP) is 1.68. The van der Waals surface area contributed by atoms with E-state index in [0.29, 0.717) is 18.7 Å². The largest absolute Gasteiger partial charge is 0.455 e. The highest BCUT2D eigenvalue weighted by Gasteiger charge is 2.91. The first kappa shape index (κ1) is 31.5. The molecular formula is C34H47NO10. The Balaban J connectivity index is 1.52. The zero-order chi connectivity index (χ0) is 32.1. The summed E-state index contributed by atoms with van der Waals surface area (Å²) >= 11 is 0. The molecule has 5 saturated carbocycles. The van der Waals surface area contributed by atoms with Gasteiger partial charge in [0.2, 0.25) is 0 Å². The molecular weight excluding hydrogens is 582 g/mol. The lowest BCUT2D eigenvalue weighted by molar-refractivity contribution is -0.317. The number of methoxy groups -OCH3 is 4. The maximum atomic E-state index is 13.7. The number of ether oxygens (including phenoxy) is 6. The maximum Gasteiger partial charge on any atom is 0.338 e. The Morgan fingerprint density at radius 1 is 1.02 bits per heavy atom. The lowest BCUT2D eigenvalue weighted by atomic mass is 9.43. The van der Waals surface area contributed by atoms with Crippen LogP contribution >= 0.6 is 0 Å². The number of fused-ring (bicyclic) bond motifs is 2. The average Bonchev–Trinajstić information content (AvgIpc) is 3.40. The zero-order valence-electron chi connectivity index (χ0n) is 27.0. The Bertz CT molecular complexity index is 1330. The number of likely N-dealkylation sites (tertiary alicyclic amines) is 1. The van der Waals surface area contributed by atoms with Crippen molar-refractivity contribution >= 4 is 11.9 Å². The molecule has 0 amide bonds. The number of hydrogen-bond acceptors (Lipinski definition) is 11. The van der Waals surface area contributed by atoms with E-state index in [2.05, 4.69) is 11.8 Å². The molecule has 11 nitrogen and oxygen atoms in total. The van der Waals surface area contributed by atoms with Gasteiger partial charge in [0.15, 0.2) is 5.60 Å². The normalized spacial score (nSPS) is 49.1. The Labute approximate surface area is 264 Å². The number of esters is 2. The van der Waals surface area contributed by atoms with Gasteiger partial charge in [0.1, 0.15) is 23.9 Å². The molecule has 7 bridgehead atoms. The van der Waals surface area contributed by atoms with Crippen LogP contribution in [0.15, 0.2) is 30.3 Å². The number of rotatable bonds is 9. The second-order valence-electron chi connectivity index (χ2n) is 14.3. The molecule has 14 atom stereocenters. The molecule has 11 heteroatoms. The zero-order valence-corrected chi connectivity index (χ0v) is 27.0. The van der Waals surface area contributed by atoms with Crippen LogP contribution in [-0.2, 0) is 33.2 Å². The van der Waals surface area contributed by atoms with Crippen LogP contribution in [0.5, 0.6) is 0 Å². The van der Waals surface area contributed by atoms with Crippen LogP contribution < -0.4 is 0 Å². The van der Waals surface area contributed by atoms with E-state index in [0.717, 1.165) is 19.4 Å². The molecule has 5 unspecified atom stereocenters. The first-order chi connectivity index (χ1) is 21.6. The molecule has 248 valence electrons. The highest BCUT2D eigenvalue weighted by atomic mass is 16.6. The van der Waals surface area contributed by atoms with E-state index < -0.39 is 64.8 Å². The fourth-order valence-corrected chi connectivity index (χ4v) is 12.4. The molecule has 1 aliphatic heterocycles. The van der Waals surface area contributed by atoms with Crippen molar-refractivity contribution < 1.29 is 48.2 Å². The van der Waals surface area contributed by atoms with Crippen LogP contribution in [0.3, 0.4) is 0 Å². The molecule has 45 heavy (non-hydrogen) atoms. The van der Waals surface area contributed by atoms with E-state index in [1.807, 2.05) is 6.07 Å². The fourth-order valence-electron chi connectivity index (χ4n) is 12.4. The van der Waals surface area contributed by atoms with Crippen LogP contribution in [-0.4, -0.2) is 123 Å². The topological polar surface area (TPSA) is 133 Å². The number of aliphatic hydroxyl groups is 2. The van der Waals surface area contributed by atoms with Gasteiger partial charge in [-0.3, -0.25) is 9.69 Å². The van der Waals surface area contributed by atoms with Crippen LogP contribution in [0.2, 0.25) is 0 Å². The summed E-state index contributed by atoms with van der Waals surface area (Å²) in [7, 11) is 6.59. The SMILES string of the molecule is CCN1C[C@]2(COC)CCC(OC)C34C1C(C(OC)[C@@H]32)[C@]1(OC(C)=O)[C@@H]2[C@H]4C[C@@](O)([C@@H]2OC(=O)c2ccccc2)[C@@H](OC)[C@@H]1O. The molecule has 1 heterocycles. The monoisotopic (exact) mass is 629 g/mol. The Hall–Kier alpha value is -2.12. The first-order valence-electron chi connectivity index (χ1n) is 16.2. The van der Waals surface area contributed by atoms with Crippen LogP contribution in [0.1, 0.15) is 43.5 Å². The van der Waals surface area contributed by atoms with Crippen LogP contribution in [0, 0.1) is 34.5 Å². The molecule has 7 rings (SSSR count). The minimum absolute atomic E-state index is 0.101. The molecule has 1 saturated heterocycles. The first-order valence-corrected chi connectivity index (χ1v) is 16.2. The van der Waals surface area contributed by atoms with Gasteiger partial charge in [-0.2, -0.15) is 0 Å². The van der Waals surface area contributed by atoms with Gasteiger partial charge in [-0.25, -0.2) is 4.79 Å². The summed E-state index contributed by atoms with van der Waals surface area (Å²) in [4.78, 5) is 29.4. The summed E-state index contributed by atoms with van der Waals surface area (Å²) in [6.45, 7) is 5.44. The molecule has 2 N–H and O–H groups in total. The number of carbonyl (C=O) groups excluding carboxylic acids is 2. The van der Waals surface area contributed by atoms with Gasteiger partial charge in [-0.05, 0) is 43.9 Å². The summed E-state index contributed by atoms with van der Waals surface area (Å²) in [5.41, 5.74) is -3.92. The fraction of sp³-hybridized carbons (Fsp3) is 0.765. The molecule has 6 fully saturated rings. The van der Waals surface area contributed by atoms with E-state index >= 15 is 0 Å². The predicted molar refractivity (Wildman–Crippen MR) is 159 cm³/mol. The van der Waals surface area contributed by atoms with Crippen molar-refractivity contribution in [1.82, 2.24) is 4.90 Å². The van der Waals surface area contributed by atoms with Crippen molar-refractivity contribution in [3.05, 3.63) is 35.9 Å². The van der Waals surface area contributed by atoms with Gasteiger partial charge >= 0.3 is 11.9 Å². The molecule has 1 spiro atoms. The average molecular weight is 630 g/mol. The smallest absolute Gasteiger partial charge is 0.338 e. The lowest BCUT2D eigenvalue weighted by Crippen LogP contribution is -2.80. The number of nitrogens with zero attached hydrogens (tertiary/aromatic N) is 1. The molecule has 0 aromatic heterocycles. The summed E-state index contributed by atoms with van der Waals surface area (Å²) < 4.78 is 37.7. The summed E-state index contributed by atoms with van der Waals surface area (Å²) in [6.07, 6.45) is -2.64. The number of carbonyl (C=O) groups is 2. The van der Waals surface area contributed by atoms with Gasteiger partial charge in [-0.15, -0.1) is 0 Å². The summed E-state index contributed by atoms with van der Waals surface area (Å²) in [5.74, 6) is -2.95. The standard InChI is InChI=1S/C34H47NO10/c1-7-35-16-31(17-40-3)14-13-21(41-4)33-20-15-32(39)28(44-30(38)19-11-9-8-10-12-19)22(20)34(45-18(2)36,27(37)29(32)43-6)23(26(33)35)24(42-5)25(31)33/h8-12,20-29,37,39H,7,13-17H2,1-6H3/t20-,21?,22-,23?,24?,25-,26?,27+,28-,29+,31+,32-,33?,34-/m1/s1. The van der Waals surface area contributed by atoms with Crippen molar-refractivity contribution in [1.29, 1.82) is 0 Å². The second kappa shape index (κ2) is 10.7. The van der Waals surface area contributed by atoms with E-state index in [4.69, 9.17) is 28.4 Å². The Kier molecular flexibility index (Phi) is 7.48. The highest BCUT2D eigenvalue weighted by Crippen LogP contribution is 2.80. The number of benzene rings is 1. The molecule has 1 aromatic rings. The summed E-state index contributed by atoms with van der Waals surface area (Å²) in [6, 6.07) is 8.42. The van der Waals surface area contributed by atoms with Crippen molar-refractivity contribution in [2.75, 3.05) is 48.1 Å². The number of aliphatic hydroxyl groups excluding tert-OH is 1. The van der Waals surface area contributed by atoms with E-state index in [1.54, 1.807) is 45.6 Å². The molecule has 5 aliphatic carbocycles. The van der Waals surface area contributed by atoms with Crippen LogP contribution in [0.4, 0.5) is 0 Å². The minimum Gasteiger partial charge on any atom is -0.455 e. The van der Waals surface area contributed by atoms with E-state index in [9.17, 15) is 19.8 Å². The van der Waals surface area contributed by atoms with E-state index in [-0.39, 0.29) is 35.8 Å². The third kappa shape index (κ3) is 3.66. The third-order valence-electron chi connectivity index (χ3n) is 13.0. The second-order valence-corrected chi connectivity index (χ2v) is 14.3.